The molecule has 0 aliphatic rings. The molecular weight excluding hydrogens is 306 g/mol. The van der Waals surface area contributed by atoms with E-state index in [1.807, 2.05) is 6.07 Å². The Balaban J connectivity index is 2.85. The second kappa shape index (κ2) is 8.23. The molecule has 0 fully saturated rings. The minimum absolute atomic E-state index is 0.458. The van der Waals surface area contributed by atoms with Crippen LogP contribution >= 0.6 is 15.9 Å². The van der Waals surface area contributed by atoms with E-state index in [1.54, 1.807) is 13.2 Å². The molecule has 4 heteroatoms. The molecule has 0 aliphatic carbocycles. The van der Waals surface area contributed by atoms with Crippen LogP contribution in [0.25, 0.3) is 0 Å². The maximum Gasteiger partial charge on any atom is 0.175 e. The largest absolute Gasteiger partial charge is 0.493 e. The third-order valence-electron chi connectivity index (χ3n) is 2.90. The zero-order chi connectivity index (χ0) is 14.3. The highest BCUT2D eigenvalue weighted by molar-refractivity contribution is 9.10. The molecule has 0 aromatic heterocycles. The van der Waals surface area contributed by atoms with Gasteiger partial charge >= 0.3 is 0 Å². The number of hydrogen-bond donors (Lipinski definition) is 1. The van der Waals surface area contributed by atoms with Crippen LogP contribution in [0.5, 0.6) is 11.5 Å². The van der Waals surface area contributed by atoms with Gasteiger partial charge in [-0.15, -0.1) is 0 Å². The average molecular weight is 328 g/mol. The number of hydrogen-bond acceptors (Lipinski definition) is 3. The minimum atomic E-state index is 0.458. The van der Waals surface area contributed by atoms with Crippen molar-refractivity contribution >= 4 is 15.9 Å². The highest BCUT2D eigenvalue weighted by Crippen LogP contribution is 2.36. The second-order valence-corrected chi connectivity index (χ2v) is 5.25. The highest BCUT2D eigenvalue weighted by atomic mass is 79.9. The maximum absolute atomic E-state index is 5.60. The van der Waals surface area contributed by atoms with Crippen molar-refractivity contribution in [3.63, 3.8) is 0 Å². The molecule has 0 bridgehead atoms. The number of methoxy groups -OCH3 is 1. The average Bonchev–Trinajstić information content (AvgIpc) is 2.42. The Morgan fingerprint density at radius 2 is 2.21 bits per heavy atom. The molecule has 19 heavy (non-hydrogen) atoms. The molecule has 0 unspecified atom stereocenters. The van der Waals surface area contributed by atoms with Crippen LogP contribution < -0.4 is 14.8 Å². The molecule has 1 aromatic rings. The van der Waals surface area contributed by atoms with Crippen LogP contribution in [0.2, 0.25) is 0 Å². The minimum Gasteiger partial charge on any atom is -0.493 e. The van der Waals surface area contributed by atoms with Gasteiger partial charge in [0.1, 0.15) is 6.61 Å². The van der Waals surface area contributed by atoms with Gasteiger partial charge in [0, 0.05) is 12.6 Å². The maximum atomic E-state index is 5.60. The predicted molar refractivity (Wildman–Crippen MR) is 83.0 cm³/mol. The van der Waals surface area contributed by atoms with Crippen molar-refractivity contribution < 1.29 is 9.47 Å². The first-order chi connectivity index (χ1) is 9.12. The van der Waals surface area contributed by atoms with Gasteiger partial charge in [0.15, 0.2) is 11.5 Å². The van der Waals surface area contributed by atoms with Gasteiger partial charge in [-0.2, -0.15) is 0 Å². The molecule has 3 nitrogen and oxygen atoms in total. The second-order valence-electron chi connectivity index (χ2n) is 4.40. The van der Waals surface area contributed by atoms with Gasteiger partial charge in [-0.25, -0.2) is 0 Å². The van der Waals surface area contributed by atoms with Crippen molar-refractivity contribution in [1.82, 2.24) is 5.32 Å². The smallest absolute Gasteiger partial charge is 0.175 e. The van der Waals surface area contributed by atoms with Gasteiger partial charge in [-0.3, -0.25) is 0 Å². The molecule has 1 rings (SSSR count). The van der Waals surface area contributed by atoms with Gasteiger partial charge in [0.05, 0.1) is 11.6 Å². The number of halogens is 1. The molecule has 0 saturated heterocycles. The molecule has 0 saturated carbocycles. The van der Waals surface area contributed by atoms with Crippen molar-refractivity contribution in [3.8, 4) is 11.5 Å². The fraction of sp³-hybridized carbons (Fsp3) is 0.467. The van der Waals surface area contributed by atoms with Crippen LogP contribution in [-0.2, 0) is 6.54 Å². The van der Waals surface area contributed by atoms with Crippen LogP contribution in [-0.4, -0.2) is 19.8 Å². The molecule has 1 aromatic carbocycles. The first kappa shape index (κ1) is 16.1. The van der Waals surface area contributed by atoms with E-state index in [4.69, 9.17) is 9.47 Å². The summed E-state index contributed by atoms with van der Waals surface area (Å²) >= 11 is 3.53. The van der Waals surface area contributed by atoms with E-state index in [1.165, 1.54) is 0 Å². The normalized spacial score (nSPS) is 12.0. The van der Waals surface area contributed by atoms with E-state index in [2.05, 4.69) is 47.7 Å². The molecule has 106 valence electrons. The Bertz CT molecular complexity index is 421. The summed E-state index contributed by atoms with van der Waals surface area (Å²) < 4.78 is 11.9. The van der Waals surface area contributed by atoms with Crippen molar-refractivity contribution in [2.75, 3.05) is 13.7 Å². The number of nitrogens with one attached hydrogen (secondary N) is 1. The van der Waals surface area contributed by atoms with E-state index < -0.39 is 0 Å². The highest BCUT2D eigenvalue weighted by Gasteiger charge is 2.11. The van der Waals surface area contributed by atoms with Crippen molar-refractivity contribution in [2.45, 2.75) is 32.9 Å². The summed E-state index contributed by atoms with van der Waals surface area (Å²) in [6.07, 6.45) is 2.82. The quantitative estimate of drug-likeness (QED) is 0.734. The molecule has 0 amide bonds. The van der Waals surface area contributed by atoms with Gasteiger partial charge < -0.3 is 14.8 Å². The number of rotatable bonds is 8. The van der Waals surface area contributed by atoms with Crippen LogP contribution in [0.1, 0.15) is 25.8 Å². The third-order valence-corrected chi connectivity index (χ3v) is 3.49. The standard InChI is InChI=1S/C15H22BrNO2/c1-5-7-19-15-13(16)8-12(9-14(15)18-4)10-17-11(3)6-2/h5,8-9,11,17H,1,6-7,10H2,2-4H3/t11-/m1/s1. The van der Waals surface area contributed by atoms with Crippen molar-refractivity contribution in [2.24, 2.45) is 0 Å². The van der Waals surface area contributed by atoms with E-state index in [0.29, 0.717) is 12.6 Å². The molecule has 0 spiro atoms. The van der Waals surface area contributed by atoms with Crippen molar-refractivity contribution in [3.05, 3.63) is 34.8 Å². The zero-order valence-electron chi connectivity index (χ0n) is 11.8. The van der Waals surface area contributed by atoms with Gasteiger partial charge in [-0.1, -0.05) is 19.6 Å². The molecule has 0 radical (unpaired) electrons. The fourth-order valence-corrected chi connectivity index (χ4v) is 2.20. The van der Waals surface area contributed by atoms with Crippen LogP contribution in [0.3, 0.4) is 0 Å². The van der Waals surface area contributed by atoms with Gasteiger partial charge in [0.2, 0.25) is 0 Å². The molecular formula is C15H22BrNO2. The van der Waals surface area contributed by atoms with Crippen LogP contribution in [0, 0.1) is 0 Å². The van der Waals surface area contributed by atoms with Gasteiger partial charge in [0.25, 0.3) is 0 Å². The lowest BCUT2D eigenvalue weighted by Crippen LogP contribution is -2.24. The molecule has 1 atom stereocenters. The summed E-state index contributed by atoms with van der Waals surface area (Å²) in [4.78, 5) is 0. The van der Waals surface area contributed by atoms with Crippen LogP contribution in [0.15, 0.2) is 29.3 Å². The Labute approximate surface area is 124 Å². The molecule has 0 aliphatic heterocycles. The monoisotopic (exact) mass is 327 g/mol. The summed E-state index contributed by atoms with van der Waals surface area (Å²) in [5.41, 5.74) is 1.16. The lowest BCUT2D eigenvalue weighted by atomic mass is 10.1. The molecule has 1 N–H and O–H groups in total. The van der Waals surface area contributed by atoms with E-state index in [-0.39, 0.29) is 0 Å². The SMILES string of the molecule is C=CCOc1c(Br)cc(CN[C@H](C)CC)cc1OC. The zero-order valence-corrected chi connectivity index (χ0v) is 13.4. The van der Waals surface area contributed by atoms with Crippen molar-refractivity contribution in [1.29, 1.82) is 0 Å². The summed E-state index contributed by atoms with van der Waals surface area (Å²) in [6.45, 7) is 9.26. The third kappa shape index (κ3) is 4.88. The summed E-state index contributed by atoms with van der Waals surface area (Å²) in [6, 6.07) is 4.55. The van der Waals surface area contributed by atoms with Crippen LogP contribution in [0.4, 0.5) is 0 Å². The lowest BCUT2D eigenvalue weighted by Gasteiger charge is -2.15. The Morgan fingerprint density at radius 1 is 1.47 bits per heavy atom. The number of ether oxygens (including phenoxy) is 2. The fourth-order valence-electron chi connectivity index (χ4n) is 1.59. The lowest BCUT2D eigenvalue weighted by molar-refractivity contribution is 0.324. The summed E-state index contributed by atoms with van der Waals surface area (Å²) in [5, 5.41) is 3.46. The number of benzene rings is 1. The van der Waals surface area contributed by atoms with E-state index >= 15 is 0 Å². The Morgan fingerprint density at radius 3 is 2.79 bits per heavy atom. The van der Waals surface area contributed by atoms with Gasteiger partial charge in [-0.05, 0) is 47.0 Å². The summed E-state index contributed by atoms with van der Waals surface area (Å²) in [5.74, 6) is 1.45. The van der Waals surface area contributed by atoms with E-state index in [9.17, 15) is 0 Å². The Kier molecular flexibility index (Phi) is 6.95. The summed E-state index contributed by atoms with van der Waals surface area (Å²) in [7, 11) is 1.65. The predicted octanol–water partition coefficient (Wildman–Crippen LogP) is 3.91. The first-order valence-electron chi connectivity index (χ1n) is 6.45. The topological polar surface area (TPSA) is 30.5 Å². The van der Waals surface area contributed by atoms with E-state index in [0.717, 1.165) is 34.5 Å². The first-order valence-corrected chi connectivity index (χ1v) is 7.25. The Hall–Kier alpha value is -1.00. The molecule has 0 heterocycles.